The van der Waals surface area contributed by atoms with Gasteiger partial charge in [0.15, 0.2) is 0 Å². The van der Waals surface area contributed by atoms with Crippen molar-refractivity contribution in [3.8, 4) is 5.75 Å². The van der Waals surface area contributed by atoms with Gasteiger partial charge in [0.1, 0.15) is 5.75 Å². The number of benzene rings is 4. The molecule has 2 bridgehead atoms. The summed E-state index contributed by atoms with van der Waals surface area (Å²) in [5, 5.41) is 5.07. The lowest BCUT2D eigenvalue weighted by Gasteiger charge is -2.48. The van der Waals surface area contributed by atoms with Crippen molar-refractivity contribution in [2.45, 2.75) is 31.3 Å². The minimum atomic E-state index is 0.509. The third-order valence-electron chi connectivity index (χ3n) is 8.20. The number of fused-ring (bicyclic) bond motifs is 8. The molecular weight excluding hydrogens is 454 g/mol. The molecule has 4 heteroatoms. The fraction of sp³-hybridized carbons (Fsp3) is 0.273. The molecule has 3 aliphatic rings. The maximum Gasteiger partial charge on any atom is 0.129 e. The predicted octanol–water partition coefficient (Wildman–Crippen LogP) is 7.15. The Bertz CT molecular complexity index is 1580. The van der Waals surface area contributed by atoms with Gasteiger partial charge in [-0.15, -0.1) is 0 Å². The Hall–Kier alpha value is -3.76. The number of aromatic amines is 1. The summed E-state index contributed by atoms with van der Waals surface area (Å²) in [4.78, 5) is 8.89. The number of hydrogen-bond acceptors (Lipinski definition) is 3. The van der Waals surface area contributed by atoms with E-state index in [1.807, 2.05) is 0 Å². The zero-order valence-electron chi connectivity index (χ0n) is 21.1. The van der Waals surface area contributed by atoms with E-state index in [0.717, 1.165) is 62.3 Å². The second-order valence-electron chi connectivity index (χ2n) is 10.5. The molecule has 2 atom stereocenters. The van der Waals surface area contributed by atoms with E-state index in [1.54, 1.807) is 0 Å². The molecule has 0 saturated carbocycles. The van der Waals surface area contributed by atoms with E-state index in [4.69, 9.17) is 4.74 Å². The van der Waals surface area contributed by atoms with Crippen LogP contribution in [0.4, 0.5) is 5.69 Å². The number of nitrogens with zero attached hydrogens (tertiary/aromatic N) is 2. The molecule has 3 aliphatic heterocycles. The molecule has 1 fully saturated rings. The van der Waals surface area contributed by atoms with E-state index in [1.165, 1.54) is 27.2 Å². The van der Waals surface area contributed by atoms with Gasteiger partial charge in [-0.1, -0.05) is 66.7 Å². The Kier molecular flexibility index (Phi) is 5.82. The van der Waals surface area contributed by atoms with Gasteiger partial charge in [-0.25, -0.2) is 0 Å². The first kappa shape index (κ1) is 22.4. The van der Waals surface area contributed by atoms with Crippen molar-refractivity contribution in [3.63, 3.8) is 0 Å². The molecule has 8 rings (SSSR count). The van der Waals surface area contributed by atoms with Gasteiger partial charge in [-0.3, -0.25) is 4.90 Å². The summed E-state index contributed by atoms with van der Waals surface area (Å²) in [6.45, 7) is 4.00. The minimum absolute atomic E-state index is 0.509. The molecular formula is C33H33N3O. The summed E-state index contributed by atoms with van der Waals surface area (Å²) in [6.07, 6.45) is 8.05. The summed E-state index contributed by atoms with van der Waals surface area (Å²) < 4.78 is 6.37. The molecule has 4 nitrogen and oxygen atoms in total. The Morgan fingerprint density at radius 2 is 1.57 bits per heavy atom. The third-order valence-corrected chi connectivity index (χ3v) is 8.20. The van der Waals surface area contributed by atoms with E-state index in [-0.39, 0.29) is 0 Å². The highest BCUT2D eigenvalue weighted by molar-refractivity contribution is 6.10. The maximum absolute atomic E-state index is 6.37. The third kappa shape index (κ3) is 4.25. The van der Waals surface area contributed by atoms with Gasteiger partial charge >= 0.3 is 0 Å². The summed E-state index contributed by atoms with van der Waals surface area (Å²) >= 11 is 0. The number of ether oxygens (including phenoxy) is 1. The van der Waals surface area contributed by atoms with E-state index < -0.39 is 0 Å². The monoisotopic (exact) mass is 487 g/mol. The molecule has 37 heavy (non-hydrogen) atoms. The molecule has 0 spiro atoms. The number of anilines is 1. The number of piperazine rings is 1. The first-order valence-electron chi connectivity index (χ1n) is 13.6. The van der Waals surface area contributed by atoms with Crippen molar-refractivity contribution in [2.75, 3.05) is 31.1 Å². The van der Waals surface area contributed by atoms with Crippen molar-refractivity contribution in [1.82, 2.24) is 9.88 Å². The van der Waals surface area contributed by atoms with Crippen LogP contribution in [0.15, 0.2) is 97.1 Å². The summed E-state index contributed by atoms with van der Waals surface area (Å²) in [5.41, 5.74) is 3.66. The first-order chi connectivity index (χ1) is 18.3. The van der Waals surface area contributed by atoms with Gasteiger partial charge in [0.2, 0.25) is 0 Å². The van der Waals surface area contributed by atoms with Gasteiger partial charge in [-0.05, 0) is 60.4 Å². The molecule has 4 aromatic carbocycles. The summed E-state index contributed by atoms with van der Waals surface area (Å²) in [5.74, 6) is 0.981. The number of rotatable bonds is 6. The van der Waals surface area contributed by atoms with Crippen molar-refractivity contribution in [1.29, 1.82) is 0 Å². The van der Waals surface area contributed by atoms with E-state index in [2.05, 4.69) is 112 Å². The van der Waals surface area contributed by atoms with Gasteiger partial charge in [-0.2, -0.15) is 0 Å². The average Bonchev–Trinajstić information content (AvgIpc) is 3.31. The average molecular weight is 488 g/mol. The quantitative estimate of drug-likeness (QED) is 0.204. The molecule has 0 unspecified atom stereocenters. The highest BCUT2D eigenvalue weighted by Gasteiger charge is 2.33. The van der Waals surface area contributed by atoms with Crippen molar-refractivity contribution < 1.29 is 4.74 Å². The molecule has 0 amide bonds. The van der Waals surface area contributed by atoms with E-state index in [9.17, 15) is 0 Å². The lowest BCUT2D eigenvalue weighted by atomic mass is 9.96. The van der Waals surface area contributed by atoms with Crippen LogP contribution in [0, 0.1) is 0 Å². The largest absolute Gasteiger partial charge is 0.493 e. The van der Waals surface area contributed by atoms with Crippen LogP contribution in [0.25, 0.3) is 32.6 Å². The van der Waals surface area contributed by atoms with Crippen molar-refractivity contribution >= 4 is 38.3 Å². The Morgan fingerprint density at radius 1 is 0.757 bits per heavy atom. The van der Waals surface area contributed by atoms with Gasteiger partial charge in [0.25, 0.3) is 0 Å². The molecule has 0 radical (unpaired) electrons. The van der Waals surface area contributed by atoms with Crippen LogP contribution >= 0.6 is 0 Å². The molecule has 5 aromatic rings. The number of hydrogen-bond donors (Lipinski definition) is 1. The molecule has 4 heterocycles. The van der Waals surface area contributed by atoms with Crippen LogP contribution in [0.2, 0.25) is 0 Å². The Morgan fingerprint density at radius 3 is 2.51 bits per heavy atom. The molecule has 1 saturated heterocycles. The Balaban J connectivity index is 1.03. The van der Waals surface area contributed by atoms with Crippen LogP contribution in [0.1, 0.15) is 19.3 Å². The maximum atomic E-state index is 6.37. The second kappa shape index (κ2) is 9.60. The van der Waals surface area contributed by atoms with Gasteiger partial charge in [0, 0.05) is 53.7 Å². The van der Waals surface area contributed by atoms with E-state index >= 15 is 0 Å². The molecule has 1 N–H and O–H groups in total. The smallest absolute Gasteiger partial charge is 0.129 e. The summed E-state index contributed by atoms with van der Waals surface area (Å²) in [6, 6.07) is 31.5. The lowest BCUT2D eigenvalue weighted by molar-refractivity contribution is 0.137. The van der Waals surface area contributed by atoms with Crippen LogP contribution in [0.3, 0.4) is 0 Å². The predicted molar refractivity (Wildman–Crippen MR) is 155 cm³/mol. The van der Waals surface area contributed by atoms with Crippen LogP contribution in [-0.2, 0) is 0 Å². The fourth-order valence-electron chi connectivity index (χ4n) is 6.33. The first-order valence-corrected chi connectivity index (χ1v) is 13.6. The lowest BCUT2D eigenvalue weighted by Crippen LogP contribution is -2.59. The zero-order chi connectivity index (χ0) is 24.6. The van der Waals surface area contributed by atoms with Crippen molar-refractivity contribution in [2.24, 2.45) is 0 Å². The molecule has 186 valence electrons. The number of aromatic nitrogens is 1. The Labute approximate surface area is 218 Å². The normalized spacial score (nSPS) is 20.9. The van der Waals surface area contributed by atoms with E-state index in [0.29, 0.717) is 12.1 Å². The number of nitrogens with one attached hydrogen (secondary N) is 1. The fourth-order valence-corrected chi connectivity index (χ4v) is 6.33. The number of para-hydroxylation sites is 1. The van der Waals surface area contributed by atoms with Crippen LogP contribution < -0.4 is 9.64 Å². The number of H-pyrrole nitrogens is 1. The van der Waals surface area contributed by atoms with Gasteiger partial charge < -0.3 is 14.6 Å². The SMILES string of the molecule is C1=C\C[C@H]2CN(CCCOc3cccc4[nH]c5ccccc5c34)[C@@H](C/1)CN2c1ccc2ccccc2c1. The standard InChI is InChI=1S/C33H33N3O/c1-2-10-25-21-26(18-17-24(25)9-1)36-23-27-11-3-4-12-28(36)22-35(27)19-8-20-37-32-16-7-15-31-33(32)29-13-5-6-14-30(29)34-31/h1-7,9-10,13-18,21,27-28,34H,8,11-12,19-20,22-23H2/b4-3-/t27-,28-/m0/s1. The summed E-state index contributed by atoms with van der Waals surface area (Å²) in [7, 11) is 0. The zero-order valence-corrected chi connectivity index (χ0v) is 21.1. The van der Waals surface area contributed by atoms with Crippen LogP contribution in [-0.4, -0.2) is 48.2 Å². The molecule has 1 aromatic heterocycles. The minimum Gasteiger partial charge on any atom is -0.493 e. The van der Waals surface area contributed by atoms with Crippen molar-refractivity contribution in [3.05, 3.63) is 97.1 Å². The van der Waals surface area contributed by atoms with Gasteiger partial charge in [0.05, 0.1) is 12.1 Å². The topological polar surface area (TPSA) is 31.5 Å². The van der Waals surface area contributed by atoms with Crippen LogP contribution in [0.5, 0.6) is 5.75 Å². The highest BCUT2D eigenvalue weighted by atomic mass is 16.5. The highest BCUT2D eigenvalue weighted by Crippen LogP contribution is 2.34. The second-order valence-corrected chi connectivity index (χ2v) is 10.5. The molecule has 0 aliphatic carbocycles.